The van der Waals surface area contributed by atoms with Crippen molar-refractivity contribution in [3.8, 4) is 0 Å². The Labute approximate surface area is 91.9 Å². The Morgan fingerprint density at radius 2 is 0.733 bits per heavy atom. The van der Waals surface area contributed by atoms with Crippen LogP contribution >= 0.6 is 0 Å². The van der Waals surface area contributed by atoms with Crippen molar-refractivity contribution in [3.05, 3.63) is 84.4 Å². The third kappa shape index (κ3) is 6.28. The molecule has 0 aliphatic carbocycles. The lowest BCUT2D eigenvalue weighted by atomic mass is 10.3. The van der Waals surface area contributed by atoms with Gasteiger partial charge in [0.15, 0.2) is 0 Å². The lowest BCUT2D eigenvalue weighted by molar-refractivity contribution is 1.50. The summed E-state index contributed by atoms with van der Waals surface area (Å²) in [4.78, 5) is 0. The predicted molar refractivity (Wildman–Crippen MR) is 66.4 cm³/mol. The van der Waals surface area contributed by atoms with Crippen molar-refractivity contribution < 1.29 is 0 Å². The first-order valence-corrected chi connectivity index (χ1v) is 5.08. The fraction of sp³-hybridized carbons (Fsp3) is 0.0667. The second-order valence-corrected chi connectivity index (χ2v) is 3.19. The number of rotatable bonds is 0. The molecule has 1 aromatic rings. The molecule has 0 amide bonds. The topological polar surface area (TPSA) is 0 Å². The summed E-state index contributed by atoms with van der Waals surface area (Å²) < 4.78 is 0. The normalized spacial score (nSPS) is 8.33. The van der Waals surface area contributed by atoms with Gasteiger partial charge in [0.25, 0.3) is 0 Å². The molecule has 0 saturated heterocycles. The second-order valence-electron chi connectivity index (χ2n) is 3.19. The molecule has 0 heterocycles. The van der Waals surface area contributed by atoms with Gasteiger partial charge in [-0.1, -0.05) is 84.4 Å². The number of hydrogen-bond acceptors (Lipinski definition) is 0. The van der Waals surface area contributed by atoms with Crippen LogP contribution in [0.5, 0.6) is 0 Å². The maximum absolute atomic E-state index is 2.08. The Morgan fingerprint density at radius 3 is 1.07 bits per heavy atom. The summed E-state index contributed by atoms with van der Waals surface area (Å²) in [6.07, 6.45) is 0. The van der Waals surface area contributed by atoms with Crippen molar-refractivity contribution in [1.82, 2.24) is 0 Å². The zero-order valence-corrected chi connectivity index (χ0v) is 9.01. The van der Waals surface area contributed by atoms with Crippen LogP contribution in [0.2, 0.25) is 0 Å². The SMILES string of the molecule is Cc1ccccccccccccc1. The zero-order valence-electron chi connectivity index (χ0n) is 9.01. The third-order valence-corrected chi connectivity index (χ3v) is 1.83. The van der Waals surface area contributed by atoms with Crippen LogP contribution in [0.4, 0.5) is 0 Å². The molecular formula is C15H16. The highest BCUT2D eigenvalue weighted by Gasteiger charge is 1.69. The minimum absolute atomic E-state index is 1.24. The van der Waals surface area contributed by atoms with Gasteiger partial charge in [-0.05, 0) is 6.92 Å². The summed E-state index contributed by atoms with van der Waals surface area (Å²) in [6, 6.07) is 26.3. The molecule has 0 N–H and O–H groups in total. The molecule has 0 aliphatic heterocycles. The number of hydrogen-bond donors (Lipinski definition) is 0. The van der Waals surface area contributed by atoms with Gasteiger partial charge in [-0.2, -0.15) is 0 Å². The van der Waals surface area contributed by atoms with Crippen molar-refractivity contribution in [2.45, 2.75) is 6.92 Å². The summed E-state index contributed by atoms with van der Waals surface area (Å²) in [5.74, 6) is 0. The molecule has 0 atom stereocenters. The van der Waals surface area contributed by atoms with E-state index in [1.54, 1.807) is 0 Å². The van der Waals surface area contributed by atoms with Crippen LogP contribution in [0.1, 0.15) is 5.56 Å². The van der Waals surface area contributed by atoms with E-state index >= 15 is 0 Å². The molecule has 1 rings (SSSR count). The van der Waals surface area contributed by atoms with Gasteiger partial charge in [0.1, 0.15) is 0 Å². The van der Waals surface area contributed by atoms with Crippen LogP contribution < -0.4 is 0 Å². The smallest absolute Gasteiger partial charge is 0.0398 e. The van der Waals surface area contributed by atoms with Crippen LogP contribution in [0, 0.1) is 6.92 Å². The predicted octanol–water partition coefficient (Wildman–Crippen LogP) is 4.24. The molecule has 0 spiro atoms. The highest BCUT2D eigenvalue weighted by molar-refractivity contribution is 5.08. The molecule has 0 aliphatic rings. The van der Waals surface area contributed by atoms with Crippen LogP contribution in [0.25, 0.3) is 0 Å². The summed E-state index contributed by atoms with van der Waals surface area (Å²) in [5, 5.41) is 0. The second kappa shape index (κ2) is 7.57. The molecule has 0 nitrogen and oxygen atoms in total. The molecule has 0 heteroatoms. The Kier molecular flexibility index (Phi) is 5.68. The van der Waals surface area contributed by atoms with Gasteiger partial charge in [-0.25, -0.2) is 0 Å². The molecule has 0 radical (unpaired) electrons. The Bertz CT molecular complexity index is 356. The molecular weight excluding hydrogens is 180 g/mol. The largest absolute Gasteiger partial charge is 0.0623 e. The van der Waals surface area contributed by atoms with Gasteiger partial charge in [-0.15, -0.1) is 0 Å². The van der Waals surface area contributed by atoms with E-state index in [0.29, 0.717) is 0 Å². The van der Waals surface area contributed by atoms with Gasteiger partial charge in [0.2, 0.25) is 0 Å². The van der Waals surface area contributed by atoms with Crippen molar-refractivity contribution >= 4 is 0 Å². The zero-order chi connectivity index (χ0) is 10.8. The fourth-order valence-corrected chi connectivity index (χ4v) is 1.05. The maximum Gasteiger partial charge on any atom is -0.0398 e. The van der Waals surface area contributed by atoms with E-state index in [-0.39, 0.29) is 0 Å². The van der Waals surface area contributed by atoms with Gasteiger partial charge >= 0.3 is 0 Å². The molecule has 15 heavy (non-hydrogen) atoms. The van der Waals surface area contributed by atoms with Crippen molar-refractivity contribution in [2.24, 2.45) is 0 Å². The van der Waals surface area contributed by atoms with Crippen LogP contribution in [0.3, 0.4) is 0 Å². The van der Waals surface area contributed by atoms with Crippen LogP contribution in [-0.4, -0.2) is 0 Å². The first-order valence-electron chi connectivity index (χ1n) is 5.08. The summed E-state index contributed by atoms with van der Waals surface area (Å²) in [7, 11) is 0. The van der Waals surface area contributed by atoms with Crippen molar-refractivity contribution in [3.63, 3.8) is 0 Å². The van der Waals surface area contributed by atoms with Crippen LogP contribution in [-0.2, 0) is 0 Å². The lowest BCUT2D eigenvalue weighted by Crippen LogP contribution is -1.59. The molecule has 0 fully saturated rings. The molecule has 0 aromatic heterocycles. The molecule has 0 saturated carbocycles. The summed E-state index contributed by atoms with van der Waals surface area (Å²) in [5.41, 5.74) is 1.24. The van der Waals surface area contributed by atoms with Gasteiger partial charge in [0.05, 0.1) is 0 Å². The molecule has 0 bridgehead atoms. The van der Waals surface area contributed by atoms with E-state index in [0.717, 1.165) is 0 Å². The summed E-state index contributed by atoms with van der Waals surface area (Å²) >= 11 is 0. The van der Waals surface area contributed by atoms with E-state index in [1.165, 1.54) is 5.56 Å². The standard InChI is InChI=1S/C15H16/c1-15-13-11-9-7-5-3-2-4-6-8-10-12-14-15/h2-14H,1H3. The highest BCUT2D eigenvalue weighted by Crippen LogP contribution is 1.89. The van der Waals surface area contributed by atoms with Gasteiger partial charge in [-0.3, -0.25) is 0 Å². The maximum atomic E-state index is 2.08. The van der Waals surface area contributed by atoms with E-state index < -0.39 is 0 Å². The first kappa shape index (κ1) is 11.3. The highest BCUT2D eigenvalue weighted by atomic mass is 13.8. The minimum atomic E-state index is 1.24. The van der Waals surface area contributed by atoms with E-state index in [9.17, 15) is 0 Å². The minimum Gasteiger partial charge on any atom is -0.0623 e. The van der Waals surface area contributed by atoms with E-state index in [4.69, 9.17) is 0 Å². The third-order valence-electron chi connectivity index (χ3n) is 1.83. The van der Waals surface area contributed by atoms with Gasteiger partial charge in [0, 0.05) is 0 Å². The first-order chi connectivity index (χ1) is 7.39. The van der Waals surface area contributed by atoms with E-state index in [2.05, 4.69) is 19.1 Å². The molecule has 76 valence electrons. The van der Waals surface area contributed by atoms with Crippen molar-refractivity contribution in [2.75, 3.05) is 0 Å². The quantitative estimate of drug-likeness (QED) is 0.582. The number of aryl methyl sites for hydroxylation is 1. The molecule has 0 unspecified atom stereocenters. The van der Waals surface area contributed by atoms with Crippen molar-refractivity contribution in [1.29, 1.82) is 0 Å². The molecule has 1 aromatic carbocycles. The monoisotopic (exact) mass is 196 g/mol. The Morgan fingerprint density at radius 1 is 0.467 bits per heavy atom. The average Bonchev–Trinajstić information content (AvgIpc) is 2.24. The fourth-order valence-electron chi connectivity index (χ4n) is 1.05. The summed E-state index contributed by atoms with van der Waals surface area (Å²) in [6.45, 7) is 2.08. The van der Waals surface area contributed by atoms with E-state index in [1.807, 2.05) is 66.7 Å². The Balaban J connectivity index is 3.11. The Hall–Kier alpha value is -1.82. The van der Waals surface area contributed by atoms with Crippen LogP contribution in [0.15, 0.2) is 78.9 Å². The lowest BCUT2D eigenvalue weighted by Gasteiger charge is -1.79. The van der Waals surface area contributed by atoms with Gasteiger partial charge < -0.3 is 0 Å². The average molecular weight is 196 g/mol.